The van der Waals surface area contributed by atoms with Crippen molar-refractivity contribution in [2.24, 2.45) is 17.8 Å². The third kappa shape index (κ3) is 14.9. The van der Waals surface area contributed by atoms with Gasteiger partial charge < -0.3 is 80.2 Å². The first-order valence-corrected chi connectivity index (χ1v) is 30.8. The molecular weight excluding hydrogens is 1180 g/mol. The van der Waals surface area contributed by atoms with Gasteiger partial charge >= 0.3 is 18.0 Å². The van der Waals surface area contributed by atoms with E-state index in [1.54, 1.807) is 62.6 Å². The van der Waals surface area contributed by atoms with Crippen molar-refractivity contribution in [1.82, 2.24) is 51.0 Å². The van der Waals surface area contributed by atoms with Crippen LogP contribution >= 0.6 is 0 Å². The molecule has 91 heavy (non-hydrogen) atoms. The molecule has 2 fully saturated rings. The monoisotopic (exact) mass is 1260 g/mol. The number of nitrogens with one attached hydrogen (secondary N) is 7. The Morgan fingerprint density at radius 1 is 0.857 bits per heavy atom. The van der Waals surface area contributed by atoms with Gasteiger partial charge in [-0.15, -0.1) is 0 Å². The zero-order valence-corrected chi connectivity index (χ0v) is 52.4. The van der Waals surface area contributed by atoms with Crippen molar-refractivity contribution in [2.75, 3.05) is 25.5 Å². The molecule has 0 saturated carbocycles. The Labute approximate surface area is 525 Å². The number of ether oxygens (including phenoxy) is 5. The van der Waals surface area contributed by atoms with Crippen LogP contribution in [0.5, 0.6) is 5.75 Å². The predicted octanol–water partition coefficient (Wildman–Crippen LogP) is 2.96. The molecular formula is C64H81N11O16. The lowest BCUT2D eigenvalue weighted by atomic mass is 9.85. The van der Waals surface area contributed by atoms with Crippen LogP contribution in [-0.4, -0.2) is 163 Å². The summed E-state index contributed by atoms with van der Waals surface area (Å²) < 4.78 is 30.1. The maximum atomic E-state index is 14.6. The standard InChI is InChI=1S/C64H81N11O16/c1-10-64(42-26-48-51-37(24-36-14-11-12-15-43(36)70-51)29-75(48)59(83)41(42)30-88-62(64)85)91-60(84)50(34(6)7)73-57(81)46(25-39-27-65-31-67-39)71-56(80)45(23-33(4)5)69-49(76)28-66-55(79)44(22-32(2)3)72-58(82)47-16-13-21-74(47)63(86)68-38-17-19-40(20-18-38)90-61-53(78)54(87-9)52(77)35(8)89-61/h11-12,14-15,17-20,24,26-27,31-35,44-47,50,52-54,61,77-78H,10,13,16,21-23,25,28-30H2,1-9H3,(H,65,67)(H,66,79)(H,68,86)(H,69,76)(H,71,80)(H,72,82)(H,73,81)/t35-,44+,45-,46-,47-,50-,52+,53+,54+,61?,64?/m1/s1. The number of carbonyl (C=O) groups excluding carboxylic acids is 8. The number of nitrogens with zero attached hydrogens (tertiary/aromatic N) is 4. The molecule has 0 spiro atoms. The quantitative estimate of drug-likeness (QED) is 0.0393. The molecule has 7 heterocycles. The fourth-order valence-corrected chi connectivity index (χ4v) is 12.0. The summed E-state index contributed by atoms with van der Waals surface area (Å²) in [6.45, 7) is 13.4. The molecule has 27 heteroatoms. The topological polar surface area (TPSA) is 362 Å². The minimum atomic E-state index is -2.10. The van der Waals surface area contributed by atoms with Gasteiger partial charge in [0, 0.05) is 54.2 Å². The van der Waals surface area contributed by atoms with Crippen molar-refractivity contribution in [1.29, 1.82) is 0 Å². The Kier molecular flexibility index (Phi) is 20.9. The Morgan fingerprint density at radius 2 is 1.56 bits per heavy atom. The number of amides is 7. The van der Waals surface area contributed by atoms with Gasteiger partial charge in [-0.05, 0) is 99.2 Å². The Hall–Kier alpha value is -8.79. The Bertz CT molecular complexity index is 3580. The minimum absolute atomic E-state index is 0.0894. The predicted molar refractivity (Wildman–Crippen MR) is 328 cm³/mol. The van der Waals surface area contributed by atoms with Gasteiger partial charge in [0.05, 0.1) is 48.0 Å². The molecule has 3 aromatic heterocycles. The van der Waals surface area contributed by atoms with E-state index in [0.717, 1.165) is 10.9 Å². The van der Waals surface area contributed by atoms with Gasteiger partial charge in [-0.1, -0.05) is 66.7 Å². The first-order valence-electron chi connectivity index (χ1n) is 30.8. The number of pyridine rings is 2. The number of methoxy groups -OCH3 is 1. The van der Waals surface area contributed by atoms with Crippen molar-refractivity contribution < 1.29 is 72.3 Å². The number of cyclic esters (lactones) is 1. The zero-order chi connectivity index (χ0) is 65.6. The molecule has 2 aromatic carbocycles. The van der Waals surface area contributed by atoms with Crippen LogP contribution in [0, 0.1) is 17.8 Å². The number of aliphatic hydroxyl groups is 2. The van der Waals surface area contributed by atoms with Gasteiger partial charge in [0.1, 0.15) is 60.9 Å². The summed E-state index contributed by atoms with van der Waals surface area (Å²) in [7, 11) is 1.36. The van der Waals surface area contributed by atoms with E-state index >= 15 is 0 Å². The minimum Gasteiger partial charge on any atom is -0.462 e. The van der Waals surface area contributed by atoms with E-state index in [0.29, 0.717) is 46.9 Å². The molecule has 11 atom stereocenters. The highest BCUT2D eigenvalue weighted by atomic mass is 16.7. The molecule has 0 radical (unpaired) electrons. The number of carbonyl (C=O) groups is 8. The number of para-hydroxylation sites is 1. The van der Waals surface area contributed by atoms with Crippen LogP contribution in [0.4, 0.5) is 10.5 Å². The number of imidazole rings is 1. The van der Waals surface area contributed by atoms with Crippen molar-refractivity contribution in [3.63, 3.8) is 0 Å². The lowest BCUT2D eigenvalue weighted by molar-refractivity contribution is -0.272. The number of fused-ring (bicyclic) bond motifs is 5. The molecule has 7 amide bonds. The molecule has 2 unspecified atom stereocenters. The summed E-state index contributed by atoms with van der Waals surface area (Å²) in [6, 6.07) is 10.7. The van der Waals surface area contributed by atoms with E-state index < -0.39 is 132 Å². The summed E-state index contributed by atoms with van der Waals surface area (Å²) in [5.41, 5.74) is 1.04. The van der Waals surface area contributed by atoms with Crippen LogP contribution in [0.1, 0.15) is 110 Å². The molecule has 4 aliphatic heterocycles. The fraction of sp³-hybridized carbons (Fsp3) is 0.516. The largest absolute Gasteiger partial charge is 0.462 e. The maximum absolute atomic E-state index is 14.6. The first kappa shape index (κ1) is 66.6. The second kappa shape index (κ2) is 28.6. The molecule has 4 aliphatic rings. The van der Waals surface area contributed by atoms with Gasteiger partial charge in [0.2, 0.25) is 41.4 Å². The van der Waals surface area contributed by atoms with E-state index in [4.69, 9.17) is 28.7 Å². The number of aromatic nitrogens is 4. The first-order chi connectivity index (χ1) is 43.4. The van der Waals surface area contributed by atoms with Gasteiger partial charge in [-0.25, -0.2) is 24.4 Å². The maximum Gasteiger partial charge on any atom is 0.355 e. The normalized spacial score (nSPS) is 22.2. The SMILES string of the molecule is CCC1(OC(=O)[C@H](NC(=O)[C@@H](Cc2cnc[nH]2)NC(=O)[C@@H](CC(C)C)NC(=O)CNC(=O)[C@H](CC(C)C)NC(=O)[C@H]2CCCN2C(=O)Nc2ccc(OC3O[C@H](C)[C@H](O)[C@H](OC)[C@@H]3O)cc2)C(C)C)C(=O)OCc2c1cc1n(c2=O)Cc2cc3ccccc3nc2-1. The molecule has 27 nitrogen and oxygen atoms in total. The van der Waals surface area contributed by atoms with Crippen LogP contribution < -0.4 is 42.2 Å². The van der Waals surface area contributed by atoms with E-state index in [-0.39, 0.29) is 68.3 Å². The summed E-state index contributed by atoms with van der Waals surface area (Å²) in [4.78, 5) is 140. The van der Waals surface area contributed by atoms with Gasteiger partial charge in [0.15, 0.2) is 0 Å². The lowest BCUT2D eigenvalue weighted by Crippen LogP contribution is -2.59. The van der Waals surface area contributed by atoms with E-state index in [1.165, 1.54) is 24.5 Å². The second-order valence-electron chi connectivity index (χ2n) is 24.7. The summed E-state index contributed by atoms with van der Waals surface area (Å²) in [6.07, 6.45) is -1.51. The Morgan fingerprint density at radius 3 is 2.23 bits per heavy atom. The summed E-state index contributed by atoms with van der Waals surface area (Å²) in [5.74, 6) is -6.18. The van der Waals surface area contributed by atoms with Crippen LogP contribution in [0.15, 0.2) is 78.0 Å². The number of hydrogen-bond donors (Lipinski definition) is 9. The highest BCUT2D eigenvalue weighted by Crippen LogP contribution is 2.41. The number of aliphatic hydroxyl groups excluding tert-OH is 2. The number of aromatic amines is 1. The van der Waals surface area contributed by atoms with E-state index in [9.17, 15) is 53.4 Å². The van der Waals surface area contributed by atoms with Crippen molar-refractivity contribution in [3.05, 3.63) is 106 Å². The smallest absolute Gasteiger partial charge is 0.355 e. The third-order valence-corrected chi connectivity index (χ3v) is 16.8. The van der Waals surface area contributed by atoms with Crippen molar-refractivity contribution >= 4 is 64.1 Å². The van der Waals surface area contributed by atoms with Crippen molar-refractivity contribution in [2.45, 2.75) is 174 Å². The van der Waals surface area contributed by atoms with Gasteiger partial charge in [-0.3, -0.25) is 28.8 Å². The number of rotatable bonds is 24. The van der Waals surface area contributed by atoms with Crippen molar-refractivity contribution in [3.8, 4) is 17.1 Å². The van der Waals surface area contributed by atoms with Crippen LogP contribution in [-0.2, 0) is 77.7 Å². The van der Waals surface area contributed by atoms with Crippen LogP contribution in [0.2, 0.25) is 0 Å². The van der Waals surface area contributed by atoms with E-state index in [1.807, 2.05) is 58.0 Å². The highest BCUT2D eigenvalue weighted by molar-refractivity contribution is 5.98. The molecule has 5 aromatic rings. The number of likely N-dealkylation sites (tertiary alicyclic amines) is 1. The number of H-pyrrole nitrogens is 1. The molecule has 488 valence electrons. The zero-order valence-electron chi connectivity index (χ0n) is 52.4. The molecule has 9 rings (SSSR count). The number of urea groups is 1. The Balaban J connectivity index is 0.823. The number of benzene rings is 2. The third-order valence-electron chi connectivity index (χ3n) is 16.8. The molecule has 0 bridgehead atoms. The molecule has 2 saturated heterocycles. The average Bonchev–Trinajstić information content (AvgIpc) is 1.71. The highest BCUT2D eigenvalue weighted by Gasteiger charge is 2.52. The van der Waals surface area contributed by atoms with E-state index in [2.05, 4.69) is 41.9 Å². The fourth-order valence-electron chi connectivity index (χ4n) is 12.0. The number of esters is 2. The molecule has 9 N–H and O–H groups in total. The van der Waals surface area contributed by atoms with Gasteiger partial charge in [-0.2, -0.15) is 0 Å². The van der Waals surface area contributed by atoms with Crippen LogP contribution in [0.3, 0.4) is 0 Å². The second-order valence-corrected chi connectivity index (χ2v) is 24.7. The number of anilines is 1. The molecule has 0 aliphatic carbocycles. The van der Waals surface area contributed by atoms with Gasteiger partial charge in [0.25, 0.3) is 5.56 Å². The lowest BCUT2D eigenvalue weighted by Gasteiger charge is -2.40. The summed E-state index contributed by atoms with van der Waals surface area (Å²) in [5, 5.41) is 38.2. The van der Waals surface area contributed by atoms with Crippen LogP contribution in [0.25, 0.3) is 22.3 Å². The number of hydrogen-bond acceptors (Lipinski definition) is 18. The summed E-state index contributed by atoms with van der Waals surface area (Å²) >= 11 is 0. The average molecular weight is 1260 g/mol.